The molecule has 27 heavy (non-hydrogen) atoms. The fourth-order valence-corrected chi connectivity index (χ4v) is 4.08. The predicted octanol–water partition coefficient (Wildman–Crippen LogP) is 2.25. The number of likely N-dealkylation sites (tertiary alicyclic amines) is 1. The van der Waals surface area contributed by atoms with Crippen molar-refractivity contribution >= 4 is 29.9 Å². The van der Waals surface area contributed by atoms with Crippen LogP contribution < -0.4 is 10.6 Å². The van der Waals surface area contributed by atoms with Crippen LogP contribution in [0.3, 0.4) is 0 Å². The zero-order valence-electron chi connectivity index (χ0n) is 18.0. The van der Waals surface area contributed by atoms with Gasteiger partial charge in [0.1, 0.15) is 0 Å². The van der Waals surface area contributed by atoms with Crippen LogP contribution in [-0.2, 0) is 4.74 Å². The van der Waals surface area contributed by atoms with Crippen LogP contribution in [0.25, 0.3) is 0 Å². The van der Waals surface area contributed by atoms with Crippen LogP contribution in [0, 0.1) is 11.8 Å². The Bertz CT molecular complexity index is 427. The summed E-state index contributed by atoms with van der Waals surface area (Å²) in [5.41, 5.74) is 0. The first kappa shape index (κ1) is 24.9. The molecular weight excluding hydrogens is 453 g/mol. The van der Waals surface area contributed by atoms with Crippen molar-refractivity contribution in [2.75, 3.05) is 59.5 Å². The molecule has 2 aliphatic heterocycles. The van der Waals surface area contributed by atoms with Crippen LogP contribution in [0.5, 0.6) is 0 Å². The number of rotatable bonds is 8. The molecule has 2 rings (SSSR count). The van der Waals surface area contributed by atoms with E-state index >= 15 is 0 Å². The number of nitrogens with zero attached hydrogens (tertiary/aromatic N) is 3. The lowest BCUT2D eigenvalue weighted by molar-refractivity contribution is -0.0284. The minimum absolute atomic E-state index is 0. The Kier molecular flexibility index (Phi) is 12.2. The zero-order chi connectivity index (χ0) is 18.9. The summed E-state index contributed by atoms with van der Waals surface area (Å²) in [5.74, 6) is 2.24. The number of guanidine groups is 1. The van der Waals surface area contributed by atoms with Crippen LogP contribution in [-0.4, -0.2) is 87.4 Å². The lowest BCUT2D eigenvalue weighted by Crippen LogP contribution is -2.52. The van der Waals surface area contributed by atoms with Crippen molar-refractivity contribution in [3.63, 3.8) is 0 Å². The number of hydrogen-bond donors (Lipinski definition) is 2. The Morgan fingerprint density at radius 2 is 1.81 bits per heavy atom. The normalized spacial score (nSPS) is 23.5. The molecular formula is C20H42IN5O. The molecule has 0 aliphatic carbocycles. The van der Waals surface area contributed by atoms with Crippen molar-refractivity contribution in [1.82, 2.24) is 20.4 Å². The molecule has 0 spiro atoms. The third-order valence-corrected chi connectivity index (χ3v) is 5.42. The van der Waals surface area contributed by atoms with Crippen molar-refractivity contribution in [3.05, 3.63) is 0 Å². The van der Waals surface area contributed by atoms with Gasteiger partial charge >= 0.3 is 0 Å². The maximum absolute atomic E-state index is 5.93. The highest BCUT2D eigenvalue weighted by molar-refractivity contribution is 14.0. The summed E-state index contributed by atoms with van der Waals surface area (Å²) in [6, 6.07) is 0.573. The minimum atomic E-state index is 0. The third-order valence-electron chi connectivity index (χ3n) is 5.42. The first-order valence-corrected chi connectivity index (χ1v) is 10.5. The number of hydrogen-bond acceptors (Lipinski definition) is 4. The highest BCUT2D eigenvalue weighted by Crippen LogP contribution is 2.17. The van der Waals surface area contributed by atoms with E-state index in [4.69, 9.17) is 4.74 Å². The SMILES string of the molecule is CN=C(NCC1CN(CC(C)C)CCO1)NCC(C(C)C)N1CCCC1.I. The molecule has 0 aromatic carbocycles. The Morgan fingerprint density at radius 3 is 2.41 bits per heavy atom. The van der Waals surface area contributed by atoms with E-state index in [0.29, 0.717) is 17.9 Å². The van der Waals surface area contributed by atoms with Gasteiger partial charge in [-0.05, 0) is 37.8 Å². The quantitative estimate of drug-likeness (QED) is 0.308. The average molecular weight is 495 g/mol. The third kappa shape index (κ3) is 8.83. The van der Waals surface area contributed by atoms with Gasteiger partial charge in [-0.3, -0.25) is 14.8 Å². The minimum Gasteiger partial charge on any atom is -0.374 e. The van der Waals surface area contributed by atoms with Gasteiger partial charge in [0.2, 0.25) is 0 Å². The van der Waals surface area contributed by atoms with Gasteiger partial charge in [0, 0.05) is 45.8 Å². The van der Waals surface area contributed by atoms with E-state index in [9.17, 15) is 0 Å². The van der Waals surface area contributed by atoms with Gasteiger partial charge in [0.25, 0.3) is 0 Å². The second-order valence-corrected chi connectivity index (χ2v) is 8.53. The van der Waals surface area contributed by atoms with Gasteiger partial charge in [-0.1, -0.05) is 27.7 Å². The van der Waals surface area contributed by atoms with Crippen molar-refractivity contribution in [3.8, 4) is 0 Å². The highest BCUT2D eigenvalue weighted by atomic mass is 127. The predicted molar refractivity (Wildman–Crippen MR) is 125 cm³/mol. The van der Waals surface area contributed by atoms with Crippen molar-refractivity contribution in [1.29, 1.82) is 0 Å². The van der Waals surface area contributed by atoms with E-state index in [1.54, 1.807) is 0 Å². The summed E-state index contributed by atoms with van der Waals surface area (Å²) in [4.78, 5) is 9.54. The summed E-state index contributed by atoms with van der Waals surface area (Å²) in [5, 5.41) is 7.01. The molecule has 7 heteroatoms. The summed E-state index contributed by atoms with van der Waals surface area (Å²) >= 11 is 0. The number of nitrogens with one attached hydrogen (secondary N) is 2. The van der Waals surface area contributed by atoms with Gasteiger partial charge in [-0.2, -0.15) is 0 Å². The molecule has 0 saturated carbocycles. The Morgan fingerprint density at radius 1 is 1.11 bits per heavy atom. The maximum atomic E-state index is 5.93. The van der Waals surface area contributed by atoms with Gasteiger partial charge in [0.05, 0.1) is 12.7 Å². The van der Waals surface area contributed by atoms with Crippen molar-refractivity contribution in [2.24, 2.45) is 16.8 Å². The van der Waals surface area contributed by atoms with Crippen molar-refractivity contribution < 1.29 is 4.74 Å². The van der Waals surface area contributed by atoms with Crippen molar-refractivity contribution in [2.45, 2.75) is 52.7 Å². The second kappa shape index (κ2) is 13.2. The van der Waals surface area contributed by atoms with Gasteiger partial charge < -0.3 is 15.4 Å². The molecule has 0 bridgehead atoms. The summed E-state index contributed by atoms with van der Waals surface area (Å²) in [6.07, 6.45) is 2.91. The zero-order valence-corrected chi connectivity index (χ0v) is 20.4. The molecule has 160 valence electrons. The maximum Gasteiger partial charge on any atom is 0.191 e. The van der Waals surface area contributed by atoms with Crippen LogP contribution >= 0.6 is 24.0 Å². The van der Waals surface area contributed by atoms with E-state index in [1.807, 2.05) is 7.05 Å². The number of morpholine rings is 1. The topological polar surface area (TPSA) is 52.1 Å². The Balaban J connectivity index is 0.00000364. The standard InChI is InChI=1S/C20H41N5O.HI/c1-16(2)14-24-10-11-26-18(15-24)12-22-20(21-5)23-13-19(17(3)4)25-8-6-7-9-25;/h16-19H,6-15H2,1-5H3,(H2,21,22,23);1H. The fourth-order valence-electron chi connectivity index (χ4n) is 4.08. The number of halogens is 1. The van der Waals surface area contributed by atoms with E-state index in [-0.39, 0.29) is 30.1 Å². The molecule has 2 heterocycles. The first-order chi connectivity index (χ1) is 12.5. The summed E-state index contributed by atoms with van der Waals surface area (Å²) < 4.78 is 5.93. The average Bonchev–Trinajstić information content (AvgIpc) is 3.11. The summed E-state index contributed by atoms with van der Waals surface area (Å²) in [7, 11) is 1.85. The molecule has 2 atom stereocenters. The summed E-state index contributed by atoms with van der Waals surface area (Å²) in [6.45, 7) is 17.5. The van der Waals surface area contributed by atoms with Crippen LogP contribution in [0.15, 0.2) is 4.99 Å². The highest BCUT2D eigenvalue weighted by Gasteiger charge is 2.25. The molecule has 2 N–H and O–H groups in total. The fraction of sp³-hybridized carbons (Fsp3) is 0.950. The second-order valence-electron chi connectivity index (χ2n) is 8.53. The molecule has 6 nitrogen and oxygen atoms in total. The largest absolute Gasteiger partial charge is 0.374 e. The lowest BCUT2D eigenvalue weighted by Gasteiger charge is -2.34. The molecule has 0 aromatic heterocycles. The monoisotopic (exact) mass is 495 g/mol. The number of ether oxygens (including phenoxy) is 1. The van der Waals surface area contributed by atoms with E-state index < -0.39 is 0 Å². The van der Waals surface area contributed by atoms with Crippen LogP contribution in [0.1, 0.15) is 40.5 Å². The number of aliphatic imine (C=N–C) groups is 1. The molecule has 2 fully saturated rings. The molecule has 2 aliphatic rings. The van der Waals surface area contributed by atoms with E-state index in [2.05, 4.69) is 53.1 Å². The van der Waals surface area contributed by atoms with E-state index in [0.717, 1.165) is 45.3 Å². The van der Waals surface area contributed by atoms with Gasteiger partial charge in [-0.25, -0.2) is 0 Å². The van der Waals surface area contributed by atoms with E-state index in [1.165, 1.54) is 25.9 Å². The molecule has 2 unspecified atom stereocenters. The molecule has 0 amide bonds. The Labute approximate surface area is 183 Å². The lowest BCUT2D eigenvalue weighted by atomic mass is 10.0. The molecule has 0 radical (unpaired) electrons. The van der Waals surface area contributed by atoms with Gasteiger partial charge in [-0.15, -0.1) is 24.0 Å². The first-order valence-electron chi connectivity index (χ1n) is 10.5. The Hall–Kier alpha value is -0.120. The smallest absolute Gasteiger partial charge is 0.191 e. The van der Waals surface area contributed by atoms with Crippen LogP contribution in [0.4, 0.5) is 0 Å². The van der Waals surface area contributed by atoms with Gasteiger partial charge in [0.15, 0.2) is 5.96 Å². The molecule has 0 aromatic rings. The molecule has 2 saturated heterocycles. The van der Waals surface area contributed by atoms with Crippen LogP contribution in [0.2, 0.25) is 0 Å².